The van der Waals surface area contributed by atoms with Gasteiger partial charge in [-0.3, -0.25) is 4.79 Å². The Morgan fingerprint density at radius 1 is 1.00 bits per heavy atom. The number of carbonyl (C=O) groups excluding carboxylic acids is 2. The molecular formula is C22H31NO5. The second-order valence-electron chi connectivity index (χ2n) is 7.80. The van der Waals surface area contributed by atoms with Gasteiger partial charge >= 0.3 is 12.1 Å². The van der Waals surface area contributed by atoms with Gasteiger partial charge in [-0.2, -0.15) is 0 Å². The van der Waals surface area contributed by atoms with E-state index in [1.807, 2.05) is 30.3 Å². The molecular weight excluding hydrogens is 358 g/mol. The average Bonchev–Trinajstić information content (AvgIpc) is 2.77. The molecule has 1 aromatic rings. The average molecular weight is 389 g/mol. The lowest BCUT2D eigenvalue weighted by atomic mass is 9.82. The number of benzene rings is 1. The van der Waals surface area contributed by atoms with Crippen LogP contribution in [0.5, 0.6) is 0 Å². The van der Waals surface area contributed by atoms with E-state index in [0.29, 0.717) is 25.6 Å². The Hall–Kier alpha value is -2.08. The molecule has 28 heavy (non-hydrogen) atoms. The van der Waals surface area contributed by atoms with Crippen molar-refractivity contribution in [3.63, 3.8) is 0 Å². The molecule has 0 atom stereocenters. The van der Waals surface area contributed by atoms with Crippen LogP contribution in [-0.4, -0.2) is 49.9 Å². The van der Waals surface area contributed by atoms with Crippen LogP contribution in [0.2, 0.25) is 0 Å². The van der Waals surface area contributed by atoms with Gasteiger partial charge in [-0.1, -0.05) is 30.3 Å². The summed E-state index contributed by atoms with van der Waals surface area (Å²) >= 11 is 0. The number of methoxy groups -OCH3 is 1. The van der Waals surface area contributed by atoms with Gasteiger partial charge in [0.05, 0.1) is 19.1 Å². The topological polar surface area (TPSA) is 65.1 Å². The second-order valence-corrected chi connectivity index (χ2v) is 7.80. The molecule has 2 fully saturated rings. The van der Waals surface area contributed by atoms with Crippen LogP contribution in [0.25, 0.3) is 0 Å². The number of esters is 1. The third kappa shape index (κ3) is 5.96. The summed E-state index contributed by atoms with van der Waals surface area (Å²) in [5, 5.41) is 0. The summed E-state index contributed by atoms with van der Waals surface area (Å²) in [6, 6.07) is 9.72. The molecule has 0 N–H and O–H groups in total. The Labute approximate surface area is 167 Å². The molecule has 0 radical (unpaired) electrons. The highest BCUT2D eigenvalue weighted by molar-refractivity contribution is 5.72. The molecule has 1 aliphatic carbocycles. The van der Waals surface area contributed by atoms with Crippen molar-refractivity contribution < 1.29 is 23.8 Å². The maximum absolute atomic E-state index is 12.2. The van der Waals surface area contributed by atoms with Crippen LogP contribution in [0.3, 0.4) is 0 Å². The SMILES string of the molecule is COC(=O)C1CCC(COC2CCN(C(=O)OCc3ccccc3)CC2)CC1. The number of piperidine rings is 1. The lowest BCUT2D eigenvalue weighted by Gasteiger charge is -2.33. The first-order valence-electron chi connectivity index (χ1n) is 10.3. The van der Waals surface area contributed by atoms with E-state index >= 15 is 0 Å². The fourth-order valence-electron chi connectivity index (χ4n) is 4.02. The molecule has 3 rings (SSSR count). The Balaban J connectivity index is 1.30. The zero-order valence-corrected chi connectivity index (χ0v) is 16.7. The molecule has 0 spiro atoms. The standard InChI is InChI=1S/C22H31NO5/c1-26-21(24)19-9-7-18(8-10-19)15-27-20-11-13-23(14-12-20)22(25)28-16-17-5-3-2-4-6-17/h2-6,18-20H,7-16H2,1H3. The molecule has 6 nitrogen and oxygen atoms in total. The number of ether oxygens (including phenoxy) is 3. The van der Waals surface area contributed by atoms with Crippen molar-refractivity contribution >= 4 is 12.1 Å². The van der Waals surface area contributed by atoms with Crippen LogP contribution < -0.4 is 0 Å². The minimum absolute atomic E-state index is 0.0615. The maximum Gasteiger partial charge on any atom is 0.410 e. The number of hydrogen-bond acceptors (Lipinski definition) is 5. The predicted octanol–water partition coefficient (Wildman–Crippen LogP) is 3.78. The van der Waals surface area contributed by atoms with Crippen LogP contribution in [0, 0.1) is 11.8 Å². The van der Waals surface area contributed by atoms with E-state index in [4.69, 9.17) is 14.2 Å². The quantitative estimate of drug-likeness (QED) is 0.693. The first-order chi connectivity index (χ1) is 13.7. The van der Waals surface area contributed by atoms with E-state index < -0.39 is 0 Å². The summed E-state index contributed by atoms with van der Waals surface area (Å²) < 4.78 is 16.4. The van der Waals surface area contributed by atoms with Gasteiger partial charge in [0.15, 0.2) is 0 Å². The molecule has 1 saturated heterocycles. The summed E-state index contributed by atoms with van der Waals surface area (Å²) in [4.78, 5) is 25.6. The number of hydrogen-bond donors (Lipinski definition) is 0. The summed E-state index contributed by atoms with van der Waals surface area (Å²) in [6.07, 6.45) is 5.48. The van der Waals surface area contributed by atoms with Crippen LogP contribution in [0.4, 0.5) is 4.79 Å². The Morgan fingerprint density at radius 3 is 2.32 bits per heavy atom. The Bertz CT molecular complexity index is 619. The van der Waals surface area contributed by atoms with Crippen molar-refractivity contribution in [2.75, 3.05) is 26.8 Å². The molecule has 6 heteroatoms. The van der Waals surface area contributed by atoms with E-state index in [2.05, 4.69) is 0 Å². The molecule has 0 bridgehead atoms. The monoisotopic (exact) mass is 389 g/mol. The number of nitrogens with zero attached hydrogens (tertiary/aromatic N) is 1. The number of carbonyl (C=O) groups is 2. The fourth-order valence-corrected chi connectivity index (χ4v) is 4.02. The molecule has 1 saturated carbocycles. The smallest absolute Gasteiger partial charge is 0.410 e. The third-order valence-electron chi connectivity index (χ3n) is 5.85. The van der Waals surface area contributed by atoms with Gasteiger partial charge in [-0.05, 0) is 50.0 Å². The van der Waals surface area contributed by atoms with Crippen molar-refractivity contribution in [1.82, 2.24) is 4.90 Å². The fraction of sp³-hybridized carbons (Fsp3) is 0.636. The van der Waals surface area contributed by atoms with E-state index in [1.54, 1.807) is 4.90 Å². The molecule has 0 aromatic heterocycles. The van der Waals surface area contributed by atoms with Gasteiger partial charge in [0.1, 0.15) is 6.61 Å². The van der Waals surface area contributed by atoms with Gasteiger partial charge in [0.2, 0.25) is 0 Å². The van der Waals surface area contributed by atoms with Gasteiger partial charge in [-0.15, -0.1) is 0 Å². The second kappa shape index (κ2) is 10.5. The van der Waals surface area contributed by atoms with Gasteiger partial charge in [-0.25, -0.2) is 4.79 Å². The Morgan fingerprint density at radius 2 is 1.68 bits per heavy atom. The van der Waals surface area contributed by atoms with Crippen LogP contribution >= 0.6 is 0 Å². The van der Waals surface area contributed by atoms with E-state index in [1.165, 1.54) is 7.11 Å². The first-order valence-corrected chi connectivity index (χ1v) is 10.3. The highest BCUT2D eigenvalue weighted by atomic mass is 16.6. The molecule has 1 amide bonds. The third-order valence-corrected chi connectivity index (χ3v) is 5.85. The molecule has 1 aliphatic heterocycles. The van der Waals surface area contributed by atoms with Gasteiger partial charge in [0, 0.05) is 19.7 Å². The number of rotatable bonds is 6. The van der Waals surface area contributed by atoms with Crippen molar-refractivity contribution in [3.8, 4) is 0 Å². The van der Waals surface area contributed by atoms with Gasteiger partial charge in [0.25, 0.3) is 0 Å². The zero-order chi connectivity index (χ0) is 19.8. The van der Waals surface area contributed by atoms with Crippen molar-refractivity contribution in [3.05, 3.63) is 35.9 Å². The summed E-state index contributed by atoms with van der Waals surface area (Å²) in [5.41, 5.74) is 0.996. The summed E-state index contributed by atoms with van der Waals surface area (Å²) in [7, 11) is 1.46. The van der Waals surface area contributed by atoms with Crippen LogP contribution in [0.1, 0.15) is 44.1 Å². The minimum Gasteiger partial charge on any atom is -0.469 e. The molecule has 2 aliphatic rings. The van der Waals surface area contributed by atoms with Crippen LogP contribution in [0.15, 0.2) is 30.3 Å². The molecule has 154 valence electrons. The Kier molecular flexibility index (Phi) is 7.71. The van der Waals surface area contributed by atoms with Gasteiger partial charge < -0.3 is 19.1 Å². The normalized spacial score (nSPS) is 23.2. The number of amides is 1. The molecule has 1 heterocycles. The maximum atomic E-state index is 12.2. The summed E-state index contributed by atoms with van der Waals surface area (Å²) in [6.45, 7) is 2.40. The lowest BCUT2D eigenvalue weighted by molar-refractivity contribution is -0.147. The molecule has 1 aromatic carbocycles. The molecule has 0 unspecified atom stereocenters. The highest BCUT2D eigenvalue weighted by Crippen LogP contribution is 2.30. The summed E-state index contributed by atoms with van der Waals surface area (Å²) in [5.74, 6) is 0.507. The first kappa shape index (κ1) is 20.6. The predicted molar refractivity (Wildman–Crippen MR) is 105 cm³/mol. The van der Waals surface area contributed by atoms with Crippen molar-refractivity contribution in [2.45, 2.75) is 51.2 Å². The van der Waals surface area contributed by atoms with Crippen LogP contribution in [-0.2, 0) is 25.6 Å². The van der Waals surface area contributed by atoms with E-state index in [0.717, 1.165) is 50.7 Å². The largest absolute Gasteiger partial charge is 0.469 e. The minimum atomic E-state index is -0.247. The lowest BCUT2D eigenvalue weighted by Crippen LogP contribution is -2.41. The van der Waals surface area contributed by atoms with E-state index in [-0.39, 0.29) is 24.1 Å². The van der Waals surface area contributed by atoms with E-state index in [9.17, 15) is 9.59 Å². The highest BCUT2D eigenvalue weighted by Gasteiger charge is 2.29. The van der Waals surface area contributed by atoms with Crippen molar-refractivity contribution in [2.24, 2.45) is 11.8 Å². The zero-order valence-electron chi connectivity index (χ0n) is 16.7. The number of likely N-dealkylation sites (tertiary alicyclic amines) is 1. The van der Waals surface area contributed by atoms with Crippen molar-refractivity contribution in [1.29, 1.82) is 0 Å².